The van der Waals surface area contributed by atoms with Crippen LogP contribution in [0.15, 0.2) is 28.7 Å². The number of halogens is 1. The summed E-state index contributed by atoms with van der Waals surface area (Å²) in [6.07, 6.45) is 0. The molecule has 0 unspecified atom stereocenters. The van der Waals surface area contributed by atoms with Crippen LogP contribution in [0, 0.1) is 0 Å². The van der Waals surface area contributed by atoms with Crippen LogP contribution in [0.3, 0.4) is 0 Å². The number of hydrogen-bond donors (Lipinski definition) is 0. The molecule has 0 amide bonds. The second-order valence-electron chi connectivity index (χ2n) is 1.56. The quantitative estimate of drug-likeness (QED) is 0.514. The first-order valence-corrected chi connectivity index (χ1v) is 3.09. The lowest BCUT2D eigenvalue weighted by Gasteiger charge is -1.89. The van der Waals surface area contributed by atoms with Gasteiger partial charge in [0, 0.05) is 4.47 Å². The Morgan fingerprint density at radius 1 is 1.20 bits per heavy atom. The van der Waals surface area contributed by atoms with Crippen molar-refractivity contribution in [3.8, 4) is 0 Å². The molecule has 4 heteroatoms. The van der Waals surface area contributed by atoms with Crippen molar-refractivity contribution in [3.05, 3.63) is 28.7 Å². The third kappa shape index (κ3) is 3.66. The van der Waals surface area contributed by atoms with Crippen LogP contribution in [0.2, 0.25) is 0 Å². The molecule has 0 aliphatic rings. The lowest BCUT2D eigenvalue weighted by molar-refractivity contribution is 0.823. The van der Waals surface area contributed by atoms with Gasteiger partial charge in [0.15, 0.2) is 0 Å². The number of benzene rings is 1. The summed E-state index contributed by atoms with van der Waals surface area (Å²) < 4.78 is 1.03. The Morgan fingerprint density at radius 3 is 2.10 bits per heavy atom. The lowest BCUT2D eigenvalue weighted by Crippen LogP contribution is -1.98. The summed E-state index contributed by atoms with van der Waals surface area (Å²) in [5.74, 6) is 0. The van der Waals surface area contributed by atoms with E-state index in [0.29, 0.717) is 0 Å². The van der Waals surface area contributed by atoms with Crippen molar-refractivity contribution >= 4 is 29.2 Å². The minimum Gasteiger partial charge on any atom is -0.412 e. The van der Waals surface area contributed by atoms with Gasteiger partial charge in [-0.15, -0.1) is 0 Å². The first-order chi connectivity index (χ1) is 3.79. The van der Waals surface area contributed by atoms with E-state index in [-0.39, 0.29) is 11.0 Å². The molecule has 0 saturated heterocycles. The highest BCUT2D eigenvalue weighted by Crippen LogP contribution is 2.03. The monoisotopic (exact) mass is 202 g/mol. The molecule has 10 heavy (non-hydrogen) atoms. The second-order valence-corrected chi connectivity index (χ2v) is 2.47. The van der Waals surface area contributed by atoms with E-state index in [1.807, 2.05) is 24.3 Å². The molecule has 54 valence electrons. The molecule has 0 bridgehead atoms. The fraction of sp³-hybridized carbons (Fsp3) is 0. The van der Waals surface area contributed by atoms with Crippen molar-refractivity contribution < 1.29 is 11.0 Å². The Labute approximate surface area is 69.4 Å². The first kappa shape index (κ1) is 12.4. The summed E-state index contributed by atoms with van der Waals surface area (Å²) in [7, 11) is 5.43. The average molecular weight is 203 g/mol. The summed E-state index contributed by atoms with van der Waals surface area (Å²) in [6, 6.07) is 7.56. The summed E-state index contributed by atoms with van der Waals surface area (Å²) in [4.78, 5) is 0. The Hall–Kier alpha value is -0.315. The van der Waals surface area contributed by atoms with Crippen molar-refractivity contribution in [1.29, 1.82) is 0 Å². The van der Waals surface area contributed by atoms with E-state index in [1.165, 1.54) is 0 Å². The maximum absolute atomic E-state index is 5.43. The maximum atomic E-state index is 5.43. The molecule has 0 aliphatic heterocycles. The van der Waals surface area contributed by atoms with Crippen LogP contribution in [0.5, 0.6) is 0 Å². The van der Waals surface area contributed by atoms with E-state index in [2.05, 4.69) is 15.9 Å². The zero-order valence-corrected chi connectivity index (χ0v) is 6.85. The molecule has 0 fully saturated rings. The molecule has 2 nitrogen and oxygen atoms in total. The van der Waals surface area contributed by atoms with Crippen molar-refractivity contribution in [2.75, 3.05) is 0 Å². The van der Waals surface area contributed by atoms with Gasteiger partial charge in [0.2, 0.25) is 0 Å². The Morgan fingerprint density at radius 2 is 1.80 bits per heavy atom. The van der Waals surface area contributed by atoms with Crippen LogP contribution < -0.4 is 5.46 Å². The summed E-state index contributed by atoms with van der Waals surface area (Å²) in [5, 5.41) is 0. The summed E-state index contributed by atoms with van der Waals surface area (Å²) >= 11 is 3.28. The average Bonchev–Trinajstić information content (AvgIpc) is 1.64. The topological polar surface area (TPSA) is 63.0 Å². The van der Waals surface area contributed by atoms with Gasteiger partial charge in [0.05, 0.1) is 0 Å². The van der Waals surface area contributed by atoms with Gasteiger partial charge in [-0.05, 0) is 6.07 Å². The molecule has 1 aromatic rings. The molecule has 0 aromatic heterocycles. The van der Waals surface area contributed by atoms with E-state index < -0.39 is 0 Å². The van der Waals surface area contributed by atoms with Crippen molar-refractivity contribution in [2.24, 2.45) is 0 Å². The number of hydrogen-bond acceptors (Lipinski definition) is 0. The third-order valence-electron chi connectivity index (χ3n) is 0.849. The van der Waals surface area contributed by atoms with Crippen LogP contribution in [0.4, 0.5) is 0 Å². The van der Waals surface area contributed by atoms with Crippen molar-refractivity contribution in [1.82, 2.24) is 0 Å². The van der Waals surface area contributed by atoms with Crippen LogP contribution in [0.25, 0.3) is 0 Å². The van der Waals surface area contributed by atoms with Crippen molar-refractivity contribution in [2.45, 2.75) is 0 Å². The molecular formula is C6H8BBrO2. The second kappa shape index (κ2) is 5.47. The van der Waals surface area contributed by atoms with Gasteiger partial charge in [-0.3, -0.25) is 0 Å². The standard InChI is InChI=1S/C6H4BBr.2H2O/c7-5-2-1-3-6(8)4-5;;/h1-4H;2*1H2. The van der Waals surface area contributed by atoms with Gasteiger partial charge < -0.3 is 11.0 Å². The van der Waals surface area contributed by atoms with E-state index in [9.17, 15) is 0 Å². The smallest absolute Gasteiger partial charge is 0.113 e. The van der Waals surface area contributed by atoms with Crippen LogP contribution >= 0.6 is 15.9 Å². The van der Waals surface area contributed by atoms with Gasteiger partial charge >= 0.3 is 0 Å². The van der Waals surface area contributed by atoms with Gasteiger partial charge in [0.25, 0.3) is 0 Å². The van der Waals surface area contributed by atoms with E-state index in [1.54, 1.807) is 0 Å². The zero-order chi connectivity index (χ0) is 5.98. The lowest BCUT2D eigenvalue weighted by atomic mass is 9.97. The van der Waals surface area contributed by atoms with Crippen LogP contribution in [0.1, 0.15) is 0 Å². The molecule has 0 saturated carbocycles. The normalized spacial score (nSPS) is 7.30. The van der Waals surface area contributed by atoms with Crippen LogP contribution in [-0.4, -0.2) is 18.8 Å². The van der Waals surface area contributed by atoms with Gasteiger partial charge in [-0.1, -0.05) is 39.6 Å². The fourth-order valence-corrected chi connectivity index (χ4v) is 0.924. The summed E-state index contributed by atoms with van der Waals surface area (Å²) in [6.45, 7) is 0. The Kier molecular flexibility index (Phi) is 6.76. The predicted octanol–water partition coefficient (Wildman–Crippen LogP) is -0.407. The van der Waals surface area contributed by atoms with Gasteiger partial charge in [-0.25, -0.2) is 0 Å². The van der Waals surface area contributed by atoms with E-state index in [0.717, 1.165) is 9.94 Å². The molecule has 0 spiro atoms. The van der Waals surface area contributed by atoms with Gasteiger partial charge in [-0.2, -0.15) is 0 Å². The third-order valence-corrected chi connectivity index (χ3v) is 1.34. The minimum absolute atomic E-state index is 0. The first-order valence-electron chi connectivity index (χ1n) is 2.30. The maximum Gasteiger partial charge on any atom is 0.113 e. The van der Waals surface area contributed by atoms with E-state index >= 15 is 0 Å². The molecule has 0 aliphatic carbocycles. The highest BCUT2D eigenvalue weighted by molar-refractivity contribution is 9.10. The molecule has 1 aromatic carbocycles. The molecular weight excluding hydrogens is 195 g/mol. The SMILES string of the molecule is O.O.[B]c1cccc(Br)c1. The predicted molar refractivity (Wildman–Crippen MR) is 46.8 cm³/mol. The Bertz CT molecular complexity index is 176. The minimum atomic E-state index is 0. The number of rotatable bonds is 0. The molecule has 0 heterocycles. The molecule has 1 rings (SSSR count). The fourth-order valence-electron chi connectivity index (χ4n) is 0.507. The summed E-state index contributed by atoms with van der Waals surface area (Å²) in [5.41, 5.74) is 0.791. The largest absolute Gasteiger partial charge is 0.412 e. The highest BCUT2D eigenvalue weighted by atomic mass is 79.9. The molecule has 4 N–H and O–H groups in total. The van der Waals surface area contributed by atoms with Crippen molar-refractivity contribution in [3.63, 3.8) is 0 Å². The molecule has 0 atom stereocenters. The van der Waals surface area contributed by atoms with Crippen LogP contribution in [-0.2, 0) is 0 Å². The van der Waals surface area contributed by atoms with E-state index in [4.69, 9.17) is 7.85 Å². The zero-order valence-electron chi connectivity index (χ0n) is 5.26. The highest BCUT2D eigenvalue weighted by Gasteiger charge is 1.82. The van der Waals surface area contributed by atoms with Gasteiger partial charge in [0.1, 0.15) is 7.85 Å². The Balaban J connectivity index is 0. The molecule has 2 radical (unpaired) electrons.